The summed E-state index contributed by atoms with van der Waals surface area (Å²) in [5, 5.41) is 3.11. The van der Waals surface area contributed by atoms with Crippen LogP contribution in [0.3, 0.4) is 0 Å². The van der Waals surface area contributed by atoms with Crippen LogP contribution in [0.2, 0.25) is 10.0 Å². The van der Waals surface area contributed by atoms with Gasteiger partial charge in [0.1, 0.15) is 0 Å². The summed E-state index contributed by atoms with van der Waals surface area (Å²) < 4.78 is 5.21. The van der Waals surface area contributed by atoms with Gasteiger partial charge in [0.15, 0.2) is 0 Å². The number of benzene rings is 2. The molecule has 1 aliphatic rings. The molecule has 1 aliphatic heterocycles. The average molecular weight is 550 g/mol. The molecule has 1 atom stereocenters. The van der Waals surface area contributed by atoms with Crippen LogP contribution in [-0.4, -0.2) is 60.7 Å². The van der Waals surface area contributed by atoms with Crippen molar-refractivity contribution in [2.45, 2.75) is 17.4 Å². The maximum Gasteiger partial charge on any atom is 0.242 e. The van der Waals surface area contributed by atoms with Gasteiger partial charge in [-0.05, 0) is 53.3 Å². The lowest BCUT2D eigenvalue weighted by molar-refractivity contribution is -0.141. The highest BCUT2D eigenvalue weighted by Crippen LogP contribution is 2.41. The Labute approximate surface area is 224 Å². The normalized spacial score (nSPS) is 15.1. The maximum absolute atomic E-state index is 13.7. The molecule has 2 aromatic carbocycles. The van der Waals surface area contributed by atoms with Crippen molar-refractivity contribution >= 4 is 58.1 Å². The van der Waals surface area contributed by atoms with Gasteiger partial charge in [-0.15, -0.1) is 23.1 Å². The number of halogens is 2. The van der Waals surface area contributed by atoms with Crippen LogP contribution in [0.5, 0.6) is 0 Å². The highest BCUT2D eigenvalue weighted by atomic mass is 35.5. The number of thioether (sulfide) groups is 1. The lowest BCUT2D eigenvalue weighted by Crippen LogP contribution is -2.48. The maximum atomic E-state index is 13.7. The molecule has 0 bridgehead atoms. The van der Waals surface area contributed by atoms with E-state index in [1.165, 1.54) is 16.6 Å². The fourth-order valence-electron chi connectivity index (χ4n) is 4.14. The number of ether oxygens (including phenoxy) is 1. The lowest BCUT2D eigenvalue weighted by atomic mass is 9.93. The Morgan fingerprint density at radius 3 is 2.69 bits per heavy atom. The number of methoxy groups -OCH3 is 1. The lowest BCUT2D eigenvalue weighted by Gasteiger charge is -2.38. The van der Waals surface area contributed by atoms with Gasteiger partial charge in [-0.3, -0.25) is 9.59 Å². The molecule has 0 N–H and O–H groups in total. The van der Waals surface area contributed by atoms with Crippen molar-refractivity contribution in [3.63, 3.8) is 0 Å². The Morgan fingerprint density at radius 2 is 1.94 bits per heavy atom. The zero-order valence-corrected chi connectivity index (χ0v) is 22.4. The largest absolute Gasteiger partial charge is 0.383 e. The second-order valence-electron chi connectivity index (χ2n) is 8.11. The van der Waals surface area contributed by atoms with Gasteiger partial charge in [-0.2, -0.15) is 0 Å². The van der Waals surface area contributed by atoms with Crippen LogP contribution >= 0.6 is 46.3 Å². The van der Waals surface area contributed by atoms with Crippen molar-refractivity contribution < 1.29 is 14.3 Å². The third-order valence-corrected chi connectivity index (χ3v) is 8.45. The highest BCUT2D eigenvalue weighted by molar-refractivity contribution is 8.00. The molecular formula is C26H26Cl2N2O3S2. The van der Waals surface area contributed by atoms with Crippen molar-refractivity contribution in [3.05, 3.63) is 86.0 Å². The van der Waals surface area contributed by atoms with Crippen molar-refractivity contribution in [3.8, 4) is 0 Å². The number of carbonyl (C=O) groups excluding carboxylic acids is 2. The number of fused-ring (bicyclic) bond motifs is 1. The van der Waals surface area contributed by atoms with Crippen molar-refractivity contribution in [1.82, 2.24) is 9.80 Å². The quantitative estimate of drug-likeness (QED) is 0.317. The Balaban J connectivity index is 1.54. The Morgan fingerprint density at radius 1 is 1.14 bits per heavy atom. The molecule has 0 saturated carbocycles. The second-order valence-corrected chi connectivity index (χ2v) is 11.0. The van der Waals surface area contributed by atoms with Gasteiger partial charge in [0, 0.05) is 40.0 Å². The van der Waals surface area contributed by atoms with E-state index in [2.05, 4.69) is 6.07 Å². The SMILES string of the molecule is COCCN(CC(=O)N1CCc2sccc2C1c1ccc(Cl)cc1Cl)C(=O)CSc1ccccc1. The van der Waals surface area contributed by atoms with E-state index in [1.54, 1.807) is 35.5 Å². The molecule has 35 heavy (non-hydrogen) atoms. The molecule has 1 unspecified atom stereocenters. The minimum Gasteiger partial charge on any atom is -0.383 e. The molecule has 0 radical (unpaired) electrons. The van der Waals surface area contributed by atoms with Crippen LogP contribution < -0.4 is 0 Å². The second kappa shape index (κ2) is 12.3. The number of hydrogen-bond donors (Lipinski definition) is 0. The van der Waals surface area contributed by atoms with Gasteiger partial charge in [0.25, 0.3) is 0 Å². The summed E-state index contributed by atoms with van der Waals surface area (Å²) in [7, 11) is 1.59. The Hall–Kier alpha value is -2.03. The molecule has 2 heterocycles. The molecule has 2 amide bonds. The van der Waals surface area contributed by atoms with Crippen molar-refractivity contribution in [1.29, 1.82) is 0 Å². The van der Waals surface area contributed by atoms with Gasteiger partial charge >= 0.3 is 0 Å². The van der Waals surface area contributed by atoms with Crippen LogP contribution in [0.4, 0.5) is 0 Å². The fraction of sp³-hybridized carbons (Fsp3) is 0.308. The van der Waals surface area contributed by atoms with Gasteiger partial charge < -0.3 is 14.5 Å². The summed E-state index contributed by atoms with van der Waals surface area (Å²) >= 11 is 15.9. The van der Waals surface area contributed by atoms with Gasteiger partial charge in [-0.25, -0.2) is 0 Å². The first-order valence-electron chi connectivity index (χ1n) is 11.2. The van der Waals surface area contributed by atoms with E-state index < -0.39 is 0 Å². The summed E-state index contributed by atoms with van der Waals surface area (Å²) in [6.07, 6.45) is 0.774. The third-order valence-electron chi connectivity index (χ3n) is 5.89. The standard InChI is InChI=1S/C26H26Cl2N2O3S2/c1-33-13-12-29(25(32)17-35-19-5-3-2-4-6-19)16-24(31)30-11-9-23-21(10-14-34-23)26(30)20-8-7-18(27)15-22(20)28/h2-8,10,14-15,26H,9,11-13,16-17H2,1H3. The summed E-state index contributed by atoms with van der Waals surface area (Å²) in [6, 6.07) is 16.9. The number of thiophene rings is 1. The monoisotopic (exact) mass is 548 g/mol. The zero-order chi connectivity index (χ0) is 24.8. The number of amides is 2. The van der Waals surface area contributed by atoms with E-state index in [1.807, 2.05) is 46.7 Å². The molecule has 0 fully saturated rings. The molecule has 5 nitrogen and oxygen atoms in total. The predicted octanol–water partition coefficient (Wildman–Crippen LogP) is 5.80. The first-order valence-corrected chi connectivity index (χ1v) is 13.8. The first kappa shape index (κ1) is 26.0. The molecule has 3 aromatic rings. The third kappa shape index (κ3) is 6.40. The Bertz CT molecular complexity index is 1170. The van der Waals surface area contributed by atoms with Crippen molar-refractivity contribution in [2.75, 3.05) is 39.1 Å². The summed E-state index contributed by atoms with van der Waals surface area (Å²) in [4.78, 5) is 32.4. The minimum absolute atomic E-state index is 0.0152. The molecular weight excluding hydrogens is 523 g/mol. The molecule has 0 spiro atoms. The predicted molar refractivity (Wildman–Crippen MR) is 144 cm³/mol. The molecule has 9 heteroatoms. The highest BCUT2D eigenvalue weighted by Gasteiger charge is 2.35. The molecule has 184 valence electrons. The average Bonchev–Trinajstić information content (AvgIpc) is 3.34. The van der Waals surface area contributed by atoms with E-state index in [9.17, 15) is 9.59 Å². The Kier molecular flexibility index (Phi) is 9.14. The number of rotatable bonds is 9. The van der Waals surface area contributed by atoms with Crippen LogP contribution in [0, 0.1) is 0 Å². The van der Waals surface area contributed by atoms with Crippen LogP contribution in [0.15, 0.2) is 64.9 Å². The minimum atomic E-state index is -0.319. The summed E-state index contributed by atoms with van der Waals surface area (Å²) in [5.74, 6) is 0.0351. The number of carbonyl (C=O) groups is 2. The summed E-state index contributed by atoms with van der Waals surface area (Å²) in [5.41, 5.74) is 1.91. The first-order chi connectivity index (χ1) is 17.0. The molecule has 1 aromatic heterocycles. The molecule has 0 aliphatic carbocycles. The number of nitrogens with zero attached hydrogens (tertiary/aromatic N) is 2. The van der Waals surface area contributed by atoms with Gasteiger partial charge in [-0.1, -0.05) is 47.5 Å². The number of hydrogen-bond acceptors (Lipinski definition) is 5. The zero-order valence-electron chi connectivity index (χ0n) is 19.3. The topological polar surface area (TPSA) is 49.9 Å². The smallest absolute Gasteiger partial charge is 0.242 e. The van der Waals surface area contributed by atoms with E-state index >= 15 is 0 Å². The molecule has 4 rings (SSSR count). The molecule has 0 saturated heterocycles. The van der Waals surface area contributed by atoms with E-state index in [4.69, 9.17) is 27.9 Å². The van der Waals surface area contributed by atoms with Crippen LogP contribution in [0.1, 0.15) is 22.0 Å². The van der Waals surface area contributed by atoms with E-state index in [-0.39, 0.29) is 30.2 Å². The fourth-order valence-corrected chi connectivity index (χ4v) is 6.38. The van der Waals surface area contributed by atoms with Crippen molar-refractivity contribution in [2.24, 2.45) is 0 Å². The van der Waals surface area contributed by atoms with Crippen LogP contribution in [0.25, 0.3) is 0 Å². The van der Waals surface area contributed by atoms with E-state index in [0.717, 1.165) is 22.4 Å². The van der Waals surface area contributed by atoms with Crippen LogP contribution in [-0.2, 0) is 20.7 Å². The van der Waals surface area contributed by atoms with Gasteiger partial charge in [0.05, 0.1) is 24.9 Å². The van der Waals surface area contributed by atoms with E-state index in [0.29, 0.717) is 29.7 Å². The van der Waals surface area contributed by atoms with Gasteiger partial charge in [0.2, 0.25) is 11.8 Å². The summed E-state index contributed by atoms with van der Waals surface area (Å²) in [6.45, 7) is 1.25.